The van der Waals surface area contributed by atoms with Crippen molar-refractivity contribution in [2.24, 2.45) is 11.7 Å². The van der Waals surface area contributed by atoms with Gasteiger partial charge in [-0.15, -0.1) is 0 Å². The van der Waals surface area contributed by atoms with Crippen molar-refractivity contribution in [1.29, 1.82) is 0 Å². The van der Waals surface area contributed by atoms with Crippen LogP contribution in [-0.2, 0) is 4.74 Å². The van der Waals surface area contributed by atoms with Gasteiger partial charge in [-0.05, 0) is 26.7 Å². The minimum absolute atomic E-state index is 0.188. The van der Waals surface area contributed by atoms with Gasteiger partial charge < -0.3 is 15.6 Å². The Balaban J connectivity index is 3.77. The summed E-state index contributed by atoms with van der Waals surface area (Å²) in [7, 11) is 0. The molecule has 0 aliphatic heterocycles. The van der Waals surface area contributed by atoms with Crippen LogP contribution < -0.4 is 5.73 Å². The van der Waals surface area contributed by atoms with Crippen LogP contribution in [0.1, 0.15) is 34.6 Å². The Morgan fingerprint density at radius 2 is 1.69 bits per heavy atom. The van der Waals surface area contributed by atoms with Crippen LogP contribution in [0.15, 0.2) is 0 Å². The summed E-state index contributed by atoms with van der Waals surface area (Å²) in [5, 5.41) is 9.82. The first-order chi connectivity index (χ1) is 5.65. The zero-order valence-corrected chi connectivity index (χ0v) is 9.42. The molecule has 0 aromatic rings. The molecule has 13 heavy (non-hydrogen) atoms. The quantitative estimate of drug-likeness (QED) is 0.682. The van der Waals surface area contributed by atoms with Crippen LogP contribution in [0.25, 0.3) is 0 Å². The van der Waals surface area contributed by atoms with Crippen molar-refractivity contribution in [3.8, 4) is 0 Å². The average molecular weight is 189 g/mol. The van der Waals surface area contributed by atoms with E-state index in [0.717, 1.165) is 0 Å². The van der Waals surface area contributed by atoms with Crippen molar-refractivity contribution in [3.63, 3.8) is 0 Å². The zero-order valence-electron chi connectivity index (χ0n) is 9.42. The first-order valence-electron chi connectivity index (χ1n) is 4.74. The van der Waals surface area contributed by atoms with Crippen LogP contribution in [0.4, 0.5) is 0 Å². The largest absolute Gasteiger partial charge is 0.388 e. The van der Waals surface area contributed by atoms with Gasteiger partial charge in [-0.1, -0.05) is 13.8 Å². The summed E-state index contributed by atoms with van der Waals surface area (Å²) in [6.45, 7) is 10.3. The molecule has 0 saturated heterocycles. The fourth-order valence-electron chi connectivity index (χ4n) is 0.687. The molecule has 0 heterocycles. The Kier molecular flexibility index (Phi) is 4.36. The van der Waals surface area contributed by atoms with Gasteiger partial charge >= 0.3 is 0 Å². The normalized spacial score (nSPS) is 17.5. The summed E-state index contributed by atoms with van der Waals surface area (Å²) < 4.78 is 5.35. The highest BCUT2D eigenvalue weighted by Gasteiger charge is 2.25. The van der Waals surface area contributed by atoms with E-state index in [1.807, 2.05) is 27.7 Å². The second-order valence-corrected chi connectivity index (χ2v) is 4.99. The lowest BCUT2D eigenvalue weighted by Gasteiger charge is -2.29. The van der Waals surface area contributed by atoms with Crippen molar-refractivity contribution in [2.45, 2.75) is 45.8 Å². The van der Waals surface area contributed by atoms with E-state index in [2.05, 4.69) is 0 Å². The van der Waals surface area contributed by atoms with Gasteiger partial charge in [0.2, 0.25) is 0 Å². The molecule has 0 aliphatic rings. The third kappa shape index (κ3) is 6.02. The Morgan fingerprint density at radius 1 is 1.23 bits per heavy atom. The van der Waals surface area contributed by atoms with Crippen LogP contribution >= 0.6 is 0 Å². The van der Waals surface area contributed by atoms with Crippen molar-refractivity contribution < 1.29 is 9.84 Å². The first kappa shape index (κ1) is 12.9. The van der Waals surface area contributed by atoms with Gasteiger partial charge in [0.1, 0.15) is 0 Å². The summed E-state index contributed by atoms with van der Waals surface area (Å²) >= 11 is 0. The van der Waals surface area contributed by atoms with Gasteiger partial charge in [0.25, 0.3) is 0 Å². The maximum Gasteiger partial charge on any atom is 0.0874 e. The molecule has 0 spiro atoms. The van der Waals surface area contributed by atoms with E-state index in [9.17, 15) is 5.11 Å². The van der Waals surface area contributed by atoms with E-state index in [1.165, 1.54) is 0 Å². The molecule has 1 unspecified atom stereocenters. The number of rotatable bonds is 5. The van der Waals surface area contributed by atoms with Crippen LogP contribution in [0.2, 0.25) is 0 Å². The highest BCUT2D eigenvalue weighted by Crippen LogP contribution is 2.16. The summed E-state index contributed by atoms with van der Waals surface area (Å²) in [5.74, 6) is 0.188. The van der Waals surface area contributed by atoms with Gasteiger partial charge in [0.15, 0.2) is 0 Å². The molecule has 0 radical (unpaired) electrons. The van der Waals surface area contributed by atoms with Crippen LogP contribution in [0.3, 0.4) is 0 Å². The molecular formula is C10H23NO2. The second-order valence-electron chi connectivity index (χ2n) is 4.99. The molecule has 0 aliphatic carbocycles. The molecule has 0 fully saturated rings. The van der Waals surface area contributed by atoms with Gasteiger partial charge in [-0.2, -0.15) is 0 Å². The smallest absolute Gasteiger partial charge is 0.0874 e. The monoisotopic (exact) mass is 189 g/mol. The topological polar surface area (TPSA) is 55.5 Å². The predicted molar refractivity (Wildman–Crippen MR) is 54.5 cm³/mol. The third-order valence-electron chi connectivity index (χ3n) is 2.11. The molecule has 80 valence electrons. The van der Waals surface area contributed by atoms with Gasteiger partial charge in [-0.25, -0.2) is 0 Å². The van der Waals surface area contributed by atoms with E-state index in [0.29, 0.717) is 13.2 Å². The highest BCUT2D eigenvalue weighted by molar-refractivity contribution is 4.77. The molecule has 3 heteroatoms. The lowest BCUT2D eigenvalue weighted by molar-refractivity contribution is -0.0697. The van der Waals surface area contributed by atoms with Crippen LogP contribution in [-0.4, -0.2) is 29.5 Å². The van der Waals surface area contributed by atoms with Gasteiger partial charge in [0, 0.05) is 5.54 Å². The molecule has 3 nitrogen and oxygen atoms in total. The minimum atomic E-state index is -0.759. The molecular weight excluding hydrogens is 166 g/mol. The van der Waals surface area contributed by atoms with Gasteiger partial charge in [0.05, 0.1) is 18.8 Å². The Labute approximate surface area is 81.3 Å². The Hall–Kier alpha value is -0.120. The summed E-state index contributed by atoms with van der Waals surface area (Å²) in [6, 6.07) is 0. The van der Waals surface area contributed by atoms with E-state index in [-0.39, 0.29) is 11.5 Å². The first-order valence-corrected chi connectivity index (χ1v) is 4.74. The van der Waals surface area contributed by atoms with Crippen LogP contribution in [0, 0.1) is 5.92 Å². The highest BCUT2D eigenvalue weighted by atomic mass is 16.5. The summed E-state index contributed by atoms with van der Waals surface area (Å²) in [6.07, 6.45) is 0. The number of hydrogen-bond acceptors (Lipinski definition) is 3. The SMILES string of the molecule is CC(C)C(C)(O)COCC(C)(C)N. The number of aliphatic hydroxyl groups is 1. The van der Waals surface area contributed by atoms with E-state index in [4.69, 9.17) is 10.5 Å². The lowest BCUT2D eigenvalue weighted by Crippen LogP contribution is -2.42. The molecule has 0 saturated carbocycles. The molecule has 1 atom stereocenters. The van der Waals surface area contributed by atoms with Crippen LogP contribution in [0.5, 0.6) is 0 Å². The number of hydrogen-bond donors (Lipinski definition) is 2. The maximum absolute atomic E-state index is 9.82. The summed E-state index contributed by atoms with van der Waals surface area (Å²) in [5.41, 5.74) is 4.65. The van der Waals surface area contributed by atoms with Crippen molar-refractivity contribution in [1.82, 2.24) is 0 Å². The maximum atomic E-state index is 9.82. The number of ether oxygens (including phenoxy) is 1. The molecule has 0 amide bonds. The van der Waals surface area contributed by atoms with E-state index in [1.54, 1.807) is 6.92 Å². The van der Waals surface area contributed by atoms with Crippen molar-refractivity contribution in [3.05, 3.63) is 0 Å². The lowest BCUT2D eigenvalue weighted by atomic mass is 9.94. The summed E-state index contributed by atoms with van der Waals surface area (Å²) in [4.78, 5) is 0. The molecule has 3 N–H and O–H groups in total. The Bertz CT molecular complexity index is 147. The fraction of sp³-hybridized carbons (Fsp3) is 1.00. The van der Waals surface area contributed by atoms with Crippen molar-refractivity contribution in [2.75, 3.05) is 13.2 Å². The fourth-order valence-corrected chi connectivity index (χ4v) is 0.687. The second kappa shape index (κ2) is 4.40. The minimum Gasteiger partial charge on any atom is -0.388 e. The van der Waals surface area contributed by atoms with Gasteiger partial charge in [-0.3, -0.25) is 0 Å². The van der Waals surface area contributed by atoms with E-state index >= 15 is 0 Å². The molecule has 0 aromatic heterocycles. The average Bonchev–Trinajstić information content (AvgIpc) is 1.82. The van der Waals surface area contributed by atoms with Crippen molar-refractivity contribution >= 4 is 0 Å². The number of nitrogens with two attached hydrogens (primary N) is 1. The standard InChI is InChI=1S/C10H23NO2/c1-8(2)10(5,12)7-13-6-9(3,4)11/h8,12H,6-7,11H2,1-5H3. The molecule has 0 bridgehead atoms. The third-order valence-corrected chi connectivity index (χ3v) is 2.11. The molecule has 0 rings (SSSR count). The zero-order chi connectivity index (χ0) is 10.7. The Morgan fingerprint density at radius 3 is 2.00 bits per heavy atom. The predicted octanol–water partition coefficient (Wildman–Crippen LogP) is 1.15. The molecule has 0 aromatic carbocycles. The van der Waals surface area contributed by atoms with E-state index < -0.39 is 5.60 Å².